The quantitative estimate of drug-likeness (QED) is 0.409. The number of aromatic nitrogens is 1. The lowest BCUT2D eigenvalue weighted by molar-refractivity contribution is 0.0920. The molecule has 0 amide bonds. The second-order valence-corrected chi connectivity index (χ2v) is 8.63. The van der Waals surface area contributed by atoms with E-state index in [2.05, 4.69) is 6.58 Å². The second kappa shape index (κ2) is 8.49. The van der Waals surface area contributed by atoms with E-state index in [1.54, 1.807) is 48.5 Å². The van der Waals surface area contributed by atoms with Crippen LogP contribution in [0.1, 0.15) is 21.7 Å². The number of hydrogen-bond acceptors (Lipinski definition) is 4. The molecule has 3 rings (SSSR count). The fourth-order valence-electron chi connectivity index (χ4n) is 3.17. The van der Waals surface area contributed by atoms with E-state index in [9.17, 15) is 13.2 Å². The maximum atomic E-state index is 12.6. The van der Waals surface area contributed by atoms with Gasteiger partial charge in [-0.25, -0.2) is 8.42 Å². The van der Waals surface area contributed by atoms with Gasteiger partial charge in [0.2, 0.25) is 15.6 Å². The summed E-state index contributed by atoms with van der Waals surface area (Å²) in [6.45, 7) is 8.10. The third kappa shape index (κ3) is 4.32. The van der Waals surface area contributed by atoms with Gasteiger partial charge in [-0.05, 0) is 56.3 Å². The first-order valence-electron chi connectivity index (χ1n) is 9.18. The summed E-state index contributed by atoms with van der Waals surface area (Å²) in [6, 6.07) is 16.2. The molecule has 3 aromatic rings. The molecule has 0 bridgehead atoms. The Bertz CT molecular complexity index is 1130. The van der Waals surface area contributed by atoms with Crippen LogP contribution in [-0.2, 0) is 16.4 Å². The van der Waals surface area contributed by atoms with Gasteiger partial charge in [-0.1, -0.05) is 24.3 Å². The van der Waals surface area contributed by atoms with Crippen LogP contribution in [0.5, 0.6) is 5.75 Å². The average molecular weight is 410 g/mol. The highest BCUT2D eigenvalue weighted by atomic mass is 32.2. The van der Waals surface area contributed by atoms with Gasteiger partial charge < -0.3 is 9.30 Å². The molecule has 0 fully saturated rings. The molecule has 0 atom stereocenters. The number of benzene rings is 2. The topological polar surface area (TPSA) is 65.4 Å². The van der Waals surface area contributed by atoms with Gasteiger partial charge in [0.05, 0.1) is 9.79 Å². The monoisotopic (exact) mass is 409 g/mol. The lowest BCUT2D eigenvalue weighted by Crippen LogP contribution is -2.13. The minimum absolute atomic E-state index is 0.122. The van der Waals surface area contributed by atoms with Crippen LogP contribution in [-0.4, -0.2) is 25.4 Å². The summed E-state index contributed by atoms with van der Waals surface area (Å²) in [6.07, 6.45) is 1.79. The van der Waals surface area contributed by atoms with Gasteiger partial charge in [0.1, 0.15) is 5.75 Å². The number of ether oxygens (including phenoxy) is 1. The largest absolute Gasteiger partial charge is 0.485 e. The van der Waals surface area contributed by atoms with Crippen molar-refractivity contribution in [3.8, 4) is 5.75 Å². The lowest BCUT2D eigenvalue weighted by atomic mass is 10.1. The molecule has 6 heteroatoms. The summed E-state index contributed by atoms with van der Waals surface area (Å²) in [5, 5.41) is 0. The number of allylic oxidation sites excluding steroid dienone is 1. The Morgan fingerprint density at radius 3 is 2.28 bits per heavy atom. The molecule has 0 saturated heterocycles. The number of carbonyl (C=O) groups is 1. The standard InChI is InChI=1S/C23H23NO4S/c1-4-14-24-17(2)15-22(18(24)3)23(25)16-28-19-10-12-21(13-11-19)29(26,27)20-8-6-5-7-9-20/h4-13,15H,1,14,16H2,2-3H3. The first-order chi connectivity index (χ1) is 13.8. The lowest BCUT2D eigenvalue weighted by Gasteiger charge is -2.09. The molecular formula is C23H23NO4S. The van der Waals surface area contributed by atoms with Crippen LogP contribution in [0.2, 0.25) is 0 Å². The molecule has 0 unspecified atom stereocenters. The third-order valence-electron chi connectivity index (χ3n) is 4.74. The molecule has 2 aromatic carbocycles. The minimum Gasteiger partial charge on any atom is -0.485 e. The van der Waals surface area contributed by atoms with E-state index in [4.69, 9.17) is 4.74 Å². The van der Waals surface area contributed by atoms with Crippen LogP contribution in [0.3, 0.4) is 0 Å². The Hall–Kier alpha value is -3.12. The van der Waals surface area contributed by atoms with Crippen molar-refractivity contribution in [2.24, 2.45) is 0 Å². The van der Waals surface area contributed by atoms with Crippen LogP contribution >= 0.6 is 0 Å². The zero-order valence-corrected chi connectivity index (χ0v) is 17.3. The first kappa shape index (κ1) is 20.6. The van der Waals surface area contributed by atoms with Crippen molar-refractivity contribution in [2.75, 3.05) is 6.61 Å². The van der Waals surface area contributed by atoms with Crippen LogP contribution < -0.4 is 4.74 Å². The van der Waals surface area contributed by atoms with Crippen LogP contribution in [0.15, 0.2) is 83.1 Å². The maximum Gasteiger partial charge on any atom is 0.206 e. The fourth-order valence-corrected chi connectivity index (χ4v) is 4.45. The molecule has 0 N–H and O–H groups in total. The molecule has 29 heavy (non-hydrogen) atoms. The van der Waals surface area contributed by atoms with E-state index in [1.165, 1.54) is 12.1 Å². The summed E-state index contributed by atoms with van der Waals surface area (Å²) >= 11 is 0. The normalized spacial score (nSPS) is 11.2. The van der Waals surface area contributed by atoms with E-state index in [0.717, 1.165) is 11.4 Å². The average Bonchev–Trinajstić information content (AvgIpc) is 3.01. The summed E-state index contributed by atoms with van der Waals surface area (Å²) in [4.78, 5) is 13.0. The van der Waals surface area contributed by atoms with Gasteiger partial charge in [0.15, 0.2) is 6.61 Å². The summed E-state index contributed by atoms with van der Waals surface area (Å²) in [5.74, 6) is 0.305. The number of rotatable bonds is 8. The Balaban J connectivity index is 1.70. The highest BCUT2D eigenvalue weighted by molar-refractivity contribution is 7.91. The van der Waals surface area contributed by atoms with Crippen molar-refractivity contribution in [3.05, 3.63) is 90.3 Å². The zero-order chi connectivity index (χ0) is 21.0. The molecule has 5 nitrogen and oxygen atoms in total. The molecule has 150 valence electrons. The summed E-state index contributed by atoms with van der Waals surface area (Å²) < 4.78 is 32.8. The van der Waals surface area contributed by atoms with Crippen molar-refractivity contribution in [2.45, 2.75) is 30.2 Å². The van der Waals surface area contributed by atoms with Crippen LogP contribution in [0, 0.1) is 13.8 Å². The van der Waals surface area contributed by atoms with Gasteiger partial charge in [-0.3, -0.25) is 4.79 Å². The Kier molecular flexibility index (Phi) is 6.03. The molecule has 0 aliphatic rings. The fraction of sp³-hybridized carbons (Fsp3) is 0.174. The van der Waals surface area contributed by atoms with Gasteiger partial charge in [0.25, 0.3) is 0 Å². The minimum atomic E-state index is -3.58. The van der Waals surface area contributed by atoms with E-state index in [0.29, 0.717) is 17.9 Å². The van der Waals surface area contributed by atoms with E-state index in [1.807, 2.05) is 24.5 Å². The number of nitrogens with zero attached hydrogens (tertiary/aromatic N) is 1. The zero-order valence-electron chi connectivity index (χ0n) is 16.5. The predicted molar refractivity (Wildman–Crippen MR) is 112 cm³/mol. The number of aryl methyl sites for hydroxylation is 1. The maximum absolute atomic E-state index is 12.6. The number of Topliss-reactive ketones (excluding diaryl/α,β-unsaturated/α-hetero) is 1. The van der Waals surface area contributed by atoms with E-state index >= 15 is 0 Å². The third-order valence-corrected chi connectivity index (χ3v) is 6.53. The van der Waals surface area contributed by atoms with Crippen LogP contribution in [0.4, 0.5) is 0 Å². The summed E-state index contributed by atoms with van der Waals surface area (Å²) in [7, 11) is -3.58. The molecule has 0 radical (unpaired) electrons. The van der Waals surface area contributed by atoms with Crippen molar-refractivity contribution in [1.29, 1.82) is 0 Å². The Labute approximate surface area is 171 Å². The molecule has 0 aliphatic heterocycles. The SMILES string of the molecule is C=CCn1c(C)cc(C(=O)COc2ccc(S(=O)(=O)c3ccccc3)cc2)c1C. The van der Waals surface area contributed by atoms with Gasteiger partial charge in [-0.2, -0.15) is 0 Å². The highest BCUT2D eigenvalue weighted by Gasteiger charge is 2.18. The molecule has 0 spiro atoms. The van der Waals surface area contributed by atoms with Crippen molar-refractivity contribution >= 4 is 15.6 Å². The highest BCUT2D eigenvalue weighted by Crippen LogP contribution is 2.23. The molecule has 0 aliphatic carbocycles. The number of ketones is 1. The smallest absolute Gasteiger partial charge is 0.206 e. The summed E-state index contributed by atoms with van der Waals surface area (Å²) in [5.41, 5.74) is 2.48. The van der Waals surface area contributed by atoms with Gasteiger partial charge >= 0.3 is 0 Å². The van der Waals surface area contributed by atoms with Gasteiger partial charge in [-0.15, -0.1) is 6.58 Å². The molecule has 1 heterocycles. The Morgan fingerprint density at radius 2 is 1.66 bits per heavy atom. The first-order valence-corrected chi connectivity index (χ1v) is 10.7. The van der Waals surface area contributed by atoms with E-state index in [-0.39, 0.29) is 22.2 Å². The van der Waals surface area contributed by atoms with Crippen molar-refractivity contribution in [1.82, 2.24) is 4.57 Å². The number of hydrogen-bond donors (Lipinski definition) is 0. The van der Waals surface area contributed by atoms with Crippen molar-refractivity contribution < 1.29 is 17.9 Å². The number of carbonyl (C=O) groups excluding carboxylic acids is 1. The number of sulfone groups is 1. The van der Waals surface area contributed by atoms with Crippen LogP contribution in [0.25, 0.3) is 0 Å². The predicted octanol–water partition coefficient (Wildman–Crippen LogP) is 4.39. The molecule has 0 saturated carbocycles. The second-order valence-electron chi connectivity index (χ2n) is 6.68. The van der Waals surface area contributed by atoms with Crippen molar-refractivity contribution in [3.63, 3.8) is 0 Å². The van der Waals surface area contributed by atoms with E-state index < -0.39 is 9.84 Å². The molecule has 1 aromatic heterocycles. The Morgan fingerprint density at radius 1 is 1.03 bits per heavy atom. The molecular weight excluding hydrogens is 386 g/mol. The van der Waals surface area contributed by atoms with Gasteiger partial charge in [0, 0.05) is 23.5 Å².